The zero-order chi connectivity index (χ0) is 2.71. The van der Waals surface area contributed by atoms with E-state index in [9.17, 15) is 0 Å². The standard InChI is InChI=1S/CHNS.GeH4/c2-1-3;/h3H;1H4/p+1. The number of rotatable bonds is 0. The van der Waals surface area contributed by atoms with Crippen molar-refractivity contribution >= 4 is 30.2 Å². The largest absolute Gasteiger partial charge is 1.00 e. The summed E-state index contributed by atoms with van der Waals surface area (Å²) in [6, 6.07) is 0. The Morgan fingerprint density at radius 1 is 2.00 bits per heavy atom. The van der Waals surface area contributed by atoms with Crippen LogP contribution in [0.1, 0.15) is 1.43 Å². The summed E-state index contributed by atoms with van der Waals surface area (Å²) in [5, 5.41) is 8.63. The van der Waals surface area contributed by atoms with Crippen LogP contribution in [0, 0.1) is 10.7 Å². The summed E-state index contributed by atoms with van der Waals surface area (Å²) in [4.78, 5) is 0. The van der Waals surface area contributed by atoms with Crippen molar-refractivity contribution in [2.75, 3.05) is 0 Å². The van der Waals surface area contributed by atoms with Gasteiger partial charge in [-0.3, -0.25) is 0 Å². The Balaban J connectivity index is -0.0000000200. The summed E-state index contributed by atoms with van der Waals surface area (Å²) in [7, 11) is 0. The van der Waals surface area contributed by atoms with Gasteiger partial charge in [-0.25, -0.2) is 0 Å². The molecule has 0 bridgehead atoms. The molecular formula is CH6GeNS+. The minimum atomic E-state index is 0. The zero-order valence-electron chi connectivity index (χ0n) is 2.39. The van der Waals surface area contributed by atoms with Crippen LogP contribution < -0.4 is 0 Å². The van der Waals surface area contributed by atoms with Gasteiger partial charge in [0.25, 0.3) is 0 Å². The normalized spacial score (nSPS) is 2.00. The Labute approximate surface area is 42.9 Å². The maximum atomic E-state index is 7.18. The second-order valence-electron chi connectivity index (χ2n) is 0.100. The van der Waals surface area contributed by atoms with E-state index in [0.717, 1.165) is 0 Å². The average Bonchev–Trinajstić information content (AvgIpc) is 0.918. The number of nitrogens with zero attached hydrogens (tertiary/aromatic N) is 1. The molecule has 0 atom stereocenters. The van der Waals surface area contributed by atoms with Gasteiger partial charge in [-0.15, -0.1) is 0 Å². The number of hydrogen-bond donors (Lipinski definition) is 1. The van der Waals surface area contributed by atoms with E-state index in [1.165, 1.54) is 5.40 Å². The van der Waals surface area contributed by atoms with E-state index in [0.29, 0.717) is 0 Å². The van der Waals surface area contributed by atoms with Crippen molar-refractivity contribution in [2.45, 2.75) is 0 Å². The van der Waals surface area contributed by atoms with Gasteiger partial charge in [-0.1, -0.05) is 12.6 Å². The first-order chi connectivity index (χ1) is 1.41. The Hall–Kier alpha value is 0.383. The van der Waals surface area contributed by atoms with Crippen LogP contribution in [0.5, 0.6) is 0 Å². The van der Waals surface area contributed by atoms with Crippen molar-refractivity contribution in [3.63, 3.8) is 0 Å². The maximum absolute atomic E-state index is 7.18. The van der Waals surface area contributed by atoms with Crippen molar-refractivity contribution in [1.82, 2.24) is 0 Å². The minimum absolute atomic E-state index is 0. The quantitative estimate of drug-likeness (QED) is 0.260. The molecule has 0 aliphatic rings. The van der Waals surface area contributed by atoms with E-state index in [1.807, 2.05) is 0 Å². The summed E-state index contributed by atoms with van der Waals surface area (Å²) in [5.41, 5.74) is 0. The van der Waals surface area contributed by atoms with Crippen LogP contribution in [0.3, 0.4) is 0 Å². The van der Waals surface area contributed by atoms with Gasteiger partial charge in [-0.05, 0) is 0 Å². The smallest absolute Gasteiger partial charge is 1.00 e. The molecule has 0 aromatic heterocycles. The molecule has 0 aliphatic heterocycles. The Kier molecular flexibility index (Phi) is 22.2. The van der Waals surface area contributed by atoms with Crippen molar-refractivity contribution < 1.29 is 1.43 Å². The summed E-state index contributed by atoms with van der Waals surface area (Å²) < 4.78 is 0. The van der Waals surface area contributed by atoms with Gasteiger partial charge in [0.05, 0.1) is 0 Å². The molecule has 0 fully saturated rings. The van der Waals surface area contributed by atoms with Gasteiger partial charge in [0.15, 0.2) is 0 Å². The molecule has 0 amide bonds. The van der Waals surface area contributed by atoms with E-state index in [1.54, 1.807) is 0 Å². The fourth-order valence-electron chi connectivity index (χ4n) is 0. The molecular weight excluding hydrogens is 131 g/mol. The van der Waals surface area contributed by atoms with Gasteiger partial charge in [0.2, 0.25) is 0 Å². The monoisotopic (exact) mass is 138 g/mol. The Morgan fingerprint density at radius 2 is 2.00 bits per heavy atom. The first-order valence-electron chi connectivity index (χ1n) is 0.447. The Morgan fingerprint density at radius 3 is 2.00 bits per heavy atom. The van der Waals surface area contributed by atoms with Gasteiger partial charge in [0, 0.05) is 0 Å². The fraction of sp³-hybridized carbons (Fsp3) is 0. The van der Waals surface area contributed by atoms with E-state index in [4.69, 9.17) is 5.26 Å². The van der Waals surface area contributed by atoms with E-state index >= 15 is 0 Å². The van der Waals surface area contributed by atoms with Crippen LogP contribution in [0.2, 0.25) is 0 Å². The van der Waals surface area contributed by atoms with Crippen molar-refractivity contribution in [2.24, 2.45) is 0 Å². The van der Waals surface area contributed by atoms with Crippen LogP contribution in [0.4, 0.5) is 0 Å². The summed E-state index contributed by atoms with van der Waals surface area (Å²) in [6.45, 7) is 0. The zero-order valence-corrected chi connectivity index (χ0v) is 2.29. The molecule has 1 nitrogen and oxygen atoms in total. The molecule has 0 rings (SSSR count). The molecule has 0 spiro atoms. The summed E-state index contributed by atoms with van der Waals surface area (Å²) in [5.74, 6) is 0. The number of thiocyanates is 1. The molecule has 0 aromatic carbocycles. The minimum Gasteiger partial charge on any atom is 1.00 e. The van der Waals surface area contributed by atoms with Crippen LogP contribution in [-0.4, -0.2) is 17.6 Å². The van der Waals surface area contributed by atoms with E-state index in [-0.39, 0.29) is 19.0 Å². The van der Waals surface area contributed by atoms with Crippen molar-refractivity contribution in [1.29, 1.82) is 5.26 Å². The van der Waals surface area contributed by atoms with Gasteiger partial charge in [-0.2, -0.15) is 5.26 Å². The molecule has 0 saturated heterocycles. The third kappa shape index (κ3) is 31.1. The van der Waals surface area contributed by atoms with Crippen LogP contribution >= 0.6 is 12.6 Å². The van der Waals surface area contributed by atoms with Crippen molar-refractivity contribution in [3.8, 4) is 5.40 Å². The van der Waals surface area contributed by atoms with Crippen LogP contribution in [0.25, 0.3) is 0 Å². The third-order valence-corrected chi connectivity index (χ3v) is 0. The topological polar surface area (TPSA) is 23.8 Å². The molecule has 24 valence electrons. The first kappa shape index (κ1) is 8.83. The molecule has 4 heavy (non-hydrogen) atoms. The second-order valence-corrected chi connectivity index (χ2v) is 0.300. The summed E-state index contributed by atoms with van der Waals surface area (Å²) in [6.07, 6.45) is 0. The van der Waals surface area contributed by atoms with E-state index in [2.05, 4.69) is 12.6 Å². The fourth-order valence-corrected chi connectivity index (χ4v) is 0. The van der Waals surface area contributed by atoms with Gasteiger partial charge >= 0.3 is 19.0 Å². The van der Waals surface area contributed by atoms with Crippen molar-refractivity contribution in [3.05, 3.63) is 0 Å². The molecule has 3 heteroatoms. The molecule has 0 saturated carbocycles. The predicted molar refractivity (Wildman–Crippen MR) is 27.0 cm³/mol. The third-order valence-electron chi connectivity index (χ3n) is 0. The van der Waals surface area contributed by atoms with Gasteiger partial charge < -0.3 is 0 Å². The molecule has 0 N–H and O–H groups in total. The number of thiol groups is 1. The van der Waals surface area contributed by atoms with E-state index < -0.39 is 0 Å². The average molecular weight is 137 g/mol. The first-order valence-corrected chi connectivity index (χ1v) is 0.894. The Bertz CT molecular complexity index is 33.1. The SMILES string of the molecule is N#CS.[GeH4].[H+]. The van der Waals surface area contributed by atoms with Crippen LogP contribution in [-0.2, 0) is 0 Å². The molecule has 0 aliphatic carbocycles. The predicted octanol–water partition coefficient (Wildman–Crippen LogP) is -0.942. The summed E-state index contributed by atoms with van der Waals surface area (Å²) >= 11 is 3.09. The van der Waals surface area contributed by atoms with Crippen LogP contribution in [0.15, 0.2) is 0 Å². The maximum Gasteiger partial charge on any atom is 1.00 e. The molecule has 0 unspecified atom stereocenters. The molecule has 0 heterocycles. The van der Waals surface area contributed by atoms with Gasteiger partial charge in [0.1, 0.15) is 5.40 Å². The molecule has 0 aromatic rings. The number of hydrogen-bond acceptors (Lipinski definition) is 2. The molecule has 0 radical (unpaired) electrons. The second kappa shape index (κ2) is 10.0. The number of nitriles is 1.